The number of ether oxygens (including phenoxy) is 1. The van der Waals surface area contributed by atoms with Gasteiger partial charge in [-0.15, -0.1) is 5.10 Å². The van der Waals surface area contributed by atoms with Crippen LogP contribution >= 0.6 is 0 Å². The van der Waals surface area contributed by atoms with Gasteiger partial charge in [-0.1, -0.05) is 13.0 Å². The Labute approximate surface area is 113 Å². The highest BCUT2D eigenvalue weighted by Crippen LogP contribution is 2.26. The van der Waals surface area contributed by atoms with Crippen molar-refractivity contribution in [2.24, 2.45) is 0 Å². The molecule has 1 unspecified atom stereocenters. The third-order valence-electron chi connectivity index (χ3n) is 2.85. The predicted octanol–water partition coefficient (Wildman–Crippen LogP) is 2.97. The minimum Gasteiger partial charge on any atom is -0.419 e. The summed E-state index contributed by atoms with van der Waals surface area (Å²) in [5.74, 6) is 1.14. The molecule has 0 amide bonds. The molecule has 0 spiro atoms. The van der Waals surface area contributed by atoms with Gasteiger partial charge >= 0.3 is 0 Å². The molecular weight excluding hydrogens is 240 g/mol. The van der Waals surface area contributed by atoms with Gasteiger partial charge in [0, 0.05) is 29.6 Å². The molecule has 0 saturated heterocycles. The smallest absolute Gasteiger partial charge is 0.240 e. The van der Waals surface area contributed by atoms with Gasteiger partial charge in [-0.3, -0.25) is 5.10 Å². The summed E-state index contributed by atoms with van der Waals surface area (Å²) >= 11 is 0. The van der Waals surface area contributed by atoms with Gasteiger partial charge in [0.1, 0.15) is 0 Å². The first-order chi connectivity index (χ1) is 9.20. The molecule has 0 bridgehead atoms. The molecule has 0 aromatic carbocycles. The quantitative estimate of drug-likeness (QED) is 0.838. The lowest BCUT2D eigenvalue weighted by atomic mass is 10.1. The van der Waals surface area contributed by atoms with E-state index in [0.717, 1.165) is 24.2 Å². The molecule has 19 heavy (non-hydrogen) atoms. The summed E-state index contributed by atoms with van der Waals surface area (Å²) in [5, 5.41) is 10.4. The van der Waals surface area contributed by atoms with E-state index < -0.39 is 0 Å². The maximum absolute atomic E-state index is 5.74. The van der Waals surface area contributed by atoms with Gasteiger partial charge in [-0.25, -0.2) is 4.98 Å². The molecule has 5 nitrogen and oxygen atoms in total. The Balaban J connectivity index is 2.16. The summed E-state index contributed by atoms with van der Waals surface area (Å²) in [5.41, 5.74) is 2.00. The van der Waals surface area contributed by atoms with E-state index >= 15 is 0 Å². The van der Waals surface area contributed by atoms with Crippen molar-refractivity contribution in [3.63, 3.8) is 0 Å². The van der Waals surface area contributed by atoms with Crippen molar-refractivity contribution in [1.82, 2.24) is 20.5 Å². The molecular formula is C14H20N4O. The monoisotopic (exact) mass is 260 g/mol. The molecule has 2 aromatic heterocycles. The first-order valence-corrected chi connectivity index (χ1v) is 6.59. The number of nitrogens with zero attached hydrogens (tertiary/aromatic N) is 2. The van der Waals surface area contributed by atoms with Gasteiger partial charge in [-0.05, 0) is 32.9 Å². The predicted molar refractivity (Wildman–Crippen MR) is 74.3 cm³/mol. The molecule has 2 aromatic rings. The van der Waals surface area contributed by atoms with E-state index in [2.05, 4.69) is 34.3 Å². The lowest BCUT2D eigenvalue weighted by Crippen LogP contribution is -2.20. The van der Waals surface area contributed by atoms with Crippen molar-refractivity contribution in [1.29, 1.82) is 0 Å². The minimum absolute atomic E-state index is 0.198. The molecule has 0 saturated carbocycles. The number of H-pyrrole nitrogens is 1. The number of rotatable bonds is 6. The number of aromatic amines is 1. The summed E-state index contributed by atoms with van der Waals surface area (Å²) in [6.07, 6.45) is 2.82. The van der Waals surface area contributed by atoms with Crippen molar-refractivity contribution >= 4 is 0 Å². The summed E-state index contributed by atoms with van der Waals surface area (Å²) in [6, 6.07) is 5.99. The van der Waals surface area contributed by atoms with Gasteiger partial charge < -0.3 is 10.1 Å². The normalized spacial score (nSPS) is 12.4. The molecule has 2 N–H and O–H groups in total. The van der Waals surface area contributed by atoms with Crippen LogP contribution in [-0.4, -0.2) is 21.7 Å². The minimum atomic E-state index is 0.198. The first-order valence-electron chi connectivity index (χ1n) is 6.59. The van der Waals surface area contributed by atoms with Crippen LogP contribution in [0.3, 0.4) is 0 Å². The Morgan fingerprint density at radius 3 is 3.00 bits per heavy atom. The van der Waals surface area contributed by atoms with Gasteiger partial charge in [0.15, 0.2) is 0 Å². The molecule has 2 heterocycles. The Bertz CT molecular complexity index is 524. The van der Waals surface area contributed by atoms with Crippen molar-refractivity contribution in [2.45, 2.75) is 33.2 Å². The second kappa shape index (κ2) is 6.33. The van der Waals surface area contributed by atoms with Crippen LogP contribution in [0.25, 0.3) is 0 Å². The molecule has 0 aliphatic heterocycles. The lowest BCUT2D eigenvalue weighted by Gasteiger charge is -2.16. The van der Waals surface area contributed by atoms with E-state index in [-0.39, 0.29) is 6.04 Å². The standard InChI is InChI=1S/C14H20N4O/c1-4-7-15-11(3)12-6-5-8-16-14(12)19-13-9-10(2)17-18-13/h5-6,8-9,11,15H,4,7H2,1-3H3,(H,17,18). The Hall–Kier alpha value is -1.88. The fourth-order valence-corrected chi connectivity index (χ4v) is 1.83. The third-order valence-corrected chi connectivity index (χ3v) is 2.85. The number of pyridine rings is 1. The first kappa shape index (κ1) is 13.5. The topological polar surface area (TPSA) is 62.8 Å². The van der Waals surface area contributed by atoms with E-state index in [9.17, 15) is 0 Å². The highest BCUT2D eigenvalue weighted by atomic mass is 16.5. The molecule has 0 aliphatic rings. The van der Waals surface area contributed by atoms with Crippen LogP contribution in [0.5, 0.6) is 11.8 Å². The average Bonchev–Trinajstić information content (AvgIpc) is 2.82. The second-order valence-electron chi connectivity index (χ2n) is 4.56. The molecule has 0 radical (unpaired) electrons. The molecule has 2 rings (SSSR count). The van der Waals surface area contributed by atoms with Crippen LogP contribution in [-0.2, 0) is 0 Å². The van der Waals surface area contributed by atoms with Crippen molar-refractivity contribution < 1.29 is 4.74 Å². The summed E-state index contributed by atoms with van der Waals surface area (Å²) in [4.78, 5) is 4.30. The van der Waals surface area contributed by atoms with E-state index in [1.807, 2.05) is 25.1 Å². The van der Waals surface area contributed by atoms with Crippen LogP contribution in [0.1, 0.15) is 37.6 Å². The van der Waals surface area contributed by atoms with Crippen LogP contribution < -0.4 is 10.1 Å². The second-order valence-corrected chi connectivity index (χ2v) is 4.56. The highest BCUT2D eigenvalue weighted by molar-refractivity contribution is 5.31. The number of nitrogens with one attached hydrogen (secondary N) is 2. The van der Waals surface area contributed by atoms with Gasteiger partial charge in [0.05, 0.1) is 0 Å². The summed E-state index contributed by atoms with van der Waals surface area (Å²) < 4.78 is 5.74. The van der Waals surface area contributed by atoms with E-state index in [1.165, 1.54) is 0 Å². The maximum atomic E-state index is 5.74. The number of hydrogen-bond donors (Lipinski definition) is 2. The fraction of sp³-hybridized carbons (Fsp3) is 0.429. The van der Waals surface area contributed by atoms with Crippen molar-refractivity contribution in [3.8, 4) is 11.8 Å². The average molecular weight is 260 g/mol. The number of hydrogen-bond acceptors (Lipinski definition) is 4. The van der Waals surface area contributed by atoms with Crippen LogP contribution in [0.2, 0.25) is 0 Å². The summed E-state index contributed by atoms with van der Waals surface area (Å²) in [7, 11) is 0. The largest absolute Gasteiger partial charge is 0.419 e. The van der Waals surface area contributed by atoms with Crippen LogP contribution in [0.4, 0.5) is 0 Å². The Kier molecular flexibility index (Phi) is 4.52. The highest BCUT2D eigenvalue weighted by Gasteiger charge is 2.13. The van der Waals surface area contributed by atoms with E-state index in [1.54, 1.807) is 6.20 Å². The fourth-order valence-electron chi connectivity index (χ4n) is 1.83. The number of aromatic nitrogens is 3. The molecule has 0 fully saturated rings. The van der Waals surface area contributed by atoms with Crippen molar-refractivity contribution in [2.75, 3.05) is 6.54 Å². The zero-order chi connectivity index (χ0) is 13.7. The van der Waals surface area contributed by atoms with E-state index in [0.29, 0.717) is 11.8 Å². The SMILES string of the molecule is CCCNC(C)c1cccnc1Oc1cc(C)[nH]n1. The van der Waals surface area contributed by atoms with Gasteiger partial charge in [0.25, 0.3) is 0 Å². The van der Waals surface area contributed by atoms with Crippen molar-refractivity contribution in [3.05, 3.63) is 35.7 Å². The van der Waals surface area contributed by atoms with Crippen LogP contribution in [0, 0.1) is 6.92 Å². The lowest BCUT2D eigenvalue weighted by molar-refractivity contribution is 0.426. The van der Waals surface area contributed by atoms with Crippen LogP contribution in [0.15, 0.2) is 24.4 Å². The van der Waals surface area contributed by atoms with Gasteiger partial charge in [-0.2, -0.15) is 0 Å². The molecule has 102 valence electrons. The van der Waals surface area contributed by atoms with E-state index in [4.69, 9.17) is 4.74 Å². The third kappa shape index (κ3) is 3.54. The molecule has 0 aliphatic carbocycles. The Morgan fingerprint density at radius 2 is 2.32 bits per heavy atom. The molecule has 5 heteroatoms. The summed E-state index contributed by atoms with van der Waals surface area (Å²) in [6.45, 7) is 7.16. The van der Waals surface area contributed by atoms with Gasteiger partial charge in [0.2, 0.25) is 11.8 Å². The molecule has 1 atom stereocenters. The zero-order valence-corrected chi connectivity index (χ0v) is 11.6. The number of aryl methyl sites for hydroxylation is 1. The maximum Gasteiger partial charge on any atom is 0.240 e. The Morgan fingerprint density at radius 1 is 1.47 bits per heavy atom. The zero-order valence-electron chi connectivity index (χ0n) is 11.6.